The first-order valence-electron chi connectivity index (χ1n) is 13.6. The van der Waals surface area contributed by atoms with Gasteiger partial charge in [-0.3, -0.25) is 0 Å². The van der Waals surface area contributed by atoms with Gasteiger partial charge in [0.05, 0.1) is 11.4 Å². The van der Waals surface area contributed by atoms with Crippen LogP contribution in [0.15, 0.2) is 134 Å². The Morgan fingerprint density at radius 2 is 0.762 bits per heavy atom. The molecule has 0 N–H and O–H groups in total. The fraction of sp³-hybridized carbons (Fsp3) is 0. The number of nitrogens with zero attached hydrogens (tertiary/aromatic N) is 4. The molecule has 2 aromatic carbocycles. The van der Waals surface area contributed by atoms with Gasteiger partial charge in [-0.25, -0.2) is 19.9 Å². The third-order valence-corrected chi connectivity index (χ3v) is 9.78. The Morgan fingerprint density at radius 3 is 1.21 bits per heavy atom. The first-order valence-corrected chi connectivity index (χ1v) is 15.3. The largest absolute Gasteiger partial charge is 0.237 e. The van der Waals surface area contributed by atoms with Gasteiger partial charge in [0.15, 0.2) is 11.3 Å². The number of pyridine rings is 4. The van der Waals surface area contributed by atoms with Crippen LogP contribution < -0.4 is 0 Å². The molecular formula is C36H22N4S2. The lowest BCUT2D eigenvalue weighted by Gasteiger charge is -2.04. The molecule has 6 aromatic heterocycles. The quantitative estimate of drug-likeness (QED) is 0.205. The molecular weight excluding hydrogens is 553 g/mol. The number of aromatic nitrogens is 4. The van der Waals surface area contributed by atoms with Crippen molar-refractivity contribution in [1.82, 2.24) is 19.9 Å². The Bertz CT molecular complexity index is 2040. The average Bonchev–Trinajstić information content (AvgIpc) is 3.75. The predicted molar refractivity (Wildman–Crippen MR) is 176 cm³/mol. The fourth-order valence-corrected chi connectivity index (χ4v) is 7.20. The smallest absolute Gasteiger partial charge is 0.159 e. The van der Waals surface area contributed by atoms with Gasteiger partial charge in [0.1, 0.15) is 0 Å². The highest BCUT2D eigenvalue weighted by Gasteiger charge is 2.11. The molecule has 6 heteroatoms. The predicted octanol–water partition coefficient (Wildman–Crippen LogP) is 10.0. The zero-order chi connectivity index (χ0) is 27.9. The average molecular weight is 575 g/mol. The summed E-state index contributed by atoms with van der Waals surface area (Å²) in [4.78, 5) is 23.3. The summed E-state index contributed by atoms with van der Waals surface area (Å²) in [5.74, 6) is 0. The van der Waals surface area contributed by atoms with Crippen LogP contribution in [0.4, 0.5) is 0 Å². The lowest BCUT2D eigenvalue weighted by atomic mass is 10.1. The molecule has 0 spiro atoms. The summed E-state index contributed by atoms with van der Waals surface area (Å²) < 4.78 is 0. The maximum atomic E-state index is 4.74. The number of hydrogen-bond acceptors (Lipinski definition) is 6. The van der Waals surface area contributed by atoms with Crippen LogP contribution >= 0.6 is 22.7 Å². The van der Waals surface area contributed by atoms with Crippen molar-refractivity contribution in [3.8, 4) is 53.2 Å². The summed E-state index contributed by atoms with van der Waals surface area (Å²) in [5.41, 5.74) is 8.00. The fourth-order valence-electron chi connectivity index (χ4n) is 5.09. The van der Waals surface area contributed by atoms with Crippen molar-refractivity contribution in [1.29, 1.82) is 0 Å². The maximum absolute atomic E-state index is 4.74. The Labute approximate surface area is 250 Å². The van der Waals surface area contributed by atoms with E-state index in [2.05, 4.69) is 107 Å². The maximum Gasteiger partial charge on any atom is 0.159 e. The Balaban J connectivity index is 1.00. The molecule has 0 bridgehead atoms. The van der Waals surface area contributed by atoms with Gasteiger partial charge >= 0.3 is 0 Å². The molecule has 0 atom stereocenters. The number of fused-ring (bicyclic) bond motifs is 2. The van der Waals surface area contributed by atoms with Crippen LogP contribution in [0.25, 0.3) is 75.2 Å². The molecule has 0 aliphatic carbocycles. The molecule has 4 nitrogen and oxygen atoms in total. The molecule has 0 fully saturated rings. The summed E-state index contributed by atoms with van der Waals surface area (Å²) in [7, 11) is 0. The van der Waals surface area contributed by atoms with Crippen molar-refractivity contribution >= 4 is 44.7 Å². The van der Waals surface area contributed by atoms with Crippen molar-refractivity contribution in [3.63, 3.8) is 0 Å². The molecule has 8 aromatic rings. The highest BCUT2D eigenvalue weighted by molar-refractivity contribution is 7.25. The normalized spacial score (nSPS) is 11.3. The number of hydrogen-bond donors (Lipinski definition) is 0. The second-order valence-electron chi connectivity index (χ2n) is 9.98. The van der Waals surface area contributed by atoms with Gasteiger partial charge in [-0.1, -0.05) is 48.5 Å². The van der Waals surface area contributed by atoms with Crippen LogP contribution in [-0.2, 0) is 0 Å². The van der Waals surface area contributed by atoms with E-state index in [-0.39, 0.29) is 0 Å². The van der Waals surface area contributed by atoms with Crippen molar-refractivity contribution in [3.05, 3.63) is 134 Å². The van der Waals surface area contributed by atoms with Crippen molar-refractivity contribution in [2.75, 3.05) is 0 Å². The summed E-state index contributed by atoms with van der Waals surface area (Å²) in [6.07, 6.45) is 3.57. The molecule has 0 amide bonds. The highest BCUT2D eigenvalue weighted by atomic mass is 32.1. The lowest BCUT2D eigenvalue weighted by Crippen LogP contribution is -1.87. The van der Waals surface area contributed by atoms with E-state index in [1.54, 1.807) is 12.4 Å². The first-order chi connectivity index (χ1) is 20.8. The first kappa shape index (κ1) is 24.7. The monoisotopic (exact) mass is 574 g/mol. The summed E-state index contributed by atoms with van der Waals surface area (Å²) in [5, 5.41) is 2.10. The minimum Gasteiger partial charge on any atom is -0.237 e. The molecule has 0 radical (unpaired) electrons. The SMILES string of the molecule is c1cnc2nc(-c3ccc(-c4ccc(-c5ccc(-c6ccc(-c7ccc8cccnc8n7)cc6)s5)s4)cc3)ccc2c1. The van der Waals surface area contributed by atoms with E-state index < -0.39 is 0 Å². The van der Waals surface area contributed by atoms with Crippen LogP contribution in [0.3, 0.4) is 0 Å². The van der Waals surface area contributed by atoms with Crippen LogP contribution in [0.1, 0.15) is 0 Å². The molecule has 0 aliphatic rings. The second kappa shape index (κ2) is 10.4. The standard InChI is InChI=1S/C36H22N4S2/c1-3-27-13-15-29(39-35(27)37-21-1)23-5-9-25(10-6-23)31-17-19-33(41-31)34-20-18-32(42-34)26-11-7-24(8-12-26)30-16-14-28-4-2-22-38-36(28)40-30/h1-22H. The van der Waals surface area contributed by atoms with Gasteiger partial charge in [0, 0.05) is 53.8 Å². The van der Waals surface area contributed by atoms with Gasteiger partial charge < -0.3 is 0 Å². The van der Waals surface area contributed by atoms with E-state index in [4.69, 9.17) is 9.97 Å². The summed E-state index contributed by atoms with van der Waals surface area (Å²) in [6, 6.07) is 42.4. The summed E-state index contributed by atoms with van der Waals surface area (Å²) >= 11 is 3.64. The minimum absolute atomic E-state index is 0.771. The van der Waals surface area contributed by atoms with E-state index in [1.165, 1.54) is 30.6 Å². The van der Waals surface area contributed by atoms with Crippen molar-refractivity contribution < 1.29 is 0 Å². The second-order valence-corrected chi connectivity index (χ2v) is 12.1. The highest BCUT2D eigenvalue weighted by Crippen LogP contribution is 2.41. The molecule has 8 rings (SSSR count). The van der Waals surface area contributed by atoms with Crippen molar-refractivity contribution in [2.24, 2.45) is 0 Å². The van der Waals surface area contributed by atoms with Crippen LogP contribution in [0.2, 0.25) is 0 Å². The Kier molecular flexibility index (Phi) is 6.13. The molecule has 0 saturated heterocycles. The minimum atomic E-state index is 0.771. The molecule has 0 saturated carbocycles. The van der Waals surface area contributed by atoms with E-state index in [9.17, 15) is 0 Å². The Hall–Kier alpha value is -5.04. The number of thiophene rings is 2. The topological polar surface area (TPSA) is 51.6 Å². The molecule has 198 valence electrons. The van der Waals surface area contributed by atoms with Gasteiger partial charge in [-0.2, -0.15) is 0 Å². The van der Waals surface area contributed by atoms with Gasteiger partial charge in [-0.15, -0.1) is 22.7 Å². The van der Waals surface area contributed by atoms with Gasteiger partial charge in [-0.05, 0) is 83.9 Å². The molecule has 0 aliphatic heterocycles. The number of benzene rings is 2. The summed E-state index contributed by atoms with van der Waals surface area (Å²) in [6.45, 7) is 0. The van der Waals surface area contributed by atoms with E-state index >= 15 is 0 Å². The van der Waals surface area contributed by atoms with E-state index in [0.717, 1.165) is 44.6 Å². The zero-order valence-electron chi connectivity index (χ0n) is 22.3. The third-order valence-electron chi connectivity index (χ3n) is 7.31. The van der Waals surface area contributed by atoms with E-state index in [0.29, 0.717) is 0 Å². The zero-order valence-corrected chi connectivity index (χ0v) is 23.9. The van der Waals surface area contributed by atoms with E-state index in [1.807, 2.05) is 46.9 Å². The van der Waals surface area contributed by atoms with Crippen molar-refractivity contribution in [2.45, 2.75) is 0 Å². The third kappa shape index (κ3) is 4.67. The molecule has 6 heterocycles. The van der Waals surface area contributed by atoms with Gasteiger partial charge in [0.2, 0.25) is 0 Å². The molecule has 42 heavy (non-hydrogen) atoms. The lowest BCUT2D eigenvalue weighted by molar-refractivity contribution is 1.29. The van der Waals surface area contributed by atoms with Gasteiger partial charge in [0.25, 0.3) is 0 Å². The van der Waals surface area contributed by atoms with Crippen LogP contribution in [0.5, 0.6) is 0 Å². The molecule has 0 unspecified atom stereocenters. The van der Waals surface area contributed by atoms with Crippen LogP contribution in [0, 0.1) is 0 Å². The Morgan fingerprint density at radius 1 is 0.357 bits per heavy atom. The number of rotatable bonds is 5. The van der Waals surface area contributed by atoms with Crippen LogP contribution in [-0.4, -0.2) is 19.9 Å².